The van der Waals surface area contributed by atoms with Crippen LogP contribution >= 0.6 is 11.3 Å². The van der Waals surface area contributed by atoms with Crippen LogP contribution in [0.4, 0.5) is 16.2 Å². The first-order valence-electron chi connectivity index (χ1n) is 13.7. The first-order valence-corrected chi connectivity index (χ1v) is 14.5. The molecule has 0 spiro atoms. The topological polar surface area (TPSA) is 85.0 Å². The summed E-state index contributed by atoms with van der Waals surface area (Å²) in [5.74, 6) is -0.156. The maximum Gasteiger partial charge on any atom is 0.317 e. The fraction of sp³-hybridized carbons (Fsp3) is 0.536. The van der Waals surface area contributed by atoms with E-state index in [1.54, 1.807) is 6.07 Å². The maximum absolute atomic E-state index is 13.6. The van der Waals surface area contributed by atoms with Crippen molar-refractivity contribution in [1.29, 1.82) is 0 Å². The van der Waals surface area contributed by atoms with E-state index in [0.29, 0.717) is 48.3 Å². The minimum Gasteiger partial charge on any atom is -0.367 e. The Labute approximate surface area is 223 Å². The van der Waals surface area contributed by atoms with E-state index in [1.165, 1.54) is 30.6 Å². The van der Waals surface area contributed by atoms with Crippen molar-refractivity contribution in [3.05, 3.63) is 46.2 Å². The molecule has 37 heavy (non-hydrogen) atoms. The standard InChI is InChI=1S/C28H37N5O3S/c34-26(25-10-7-19-37-25)29-22-11-12-24(23(20-22)27(35)32-13-5-2-6-14-32)31-15-17-33(18-16-31)28(36)30-21-8-3-1-4-9-21/h7,10-12,19-21H,1-6,8-9,13-18H2,(H,29,34)(H,30,36). The van der Waals surface area contributed by atoms with E-state index in [-0.39, 0.29) is 17.8 Å². The molecule has 8 nitrogen and oxygen atoms in total. The molecule has 1 aromatic heterocycles. The fourth-order valence-corrected chi connectivity index (χ4v) is 6.21. The van der Waals surface area contributed by atoms with Gasteiger partial charge in [0.2, 0.25) is 0 Å². The summed E-state index contributed by atoms with van der Waals surface area (Å²) >= 11 is 1.39. The van der Waals surface area contributed by atoms with Gasteiger partial charge in [-0.1, -0.05) is 25.3 Å². The van der Waals surface area contributed by atoms with E-state index in [0.717, 1.165) is 50.9 Å². The monoisotopic (exact) mass is 523 g/mol. The number of piperazine rings is 1. The third kappa shape index (κ3) is 6.26. The average molecular weight is 524 g/mol. The first-order chi connectivity index (χ1) is 18.1. The Hall–Kier alpha value is -3.07. The van der Waals surface area contributed by atoms with Gasteiger partial charge in [-0.2, -0.15) is 0 Å². The van der Waals surface area contributed by atoms with Gasteiger partial charge in [-0.05, 0) is 61.7 Å². The van der Waals surface area contributed by atoms with Crippen LogP contribution in [-0.2, 0) is 0 Å². The average Bonchev–Trinajstić information content (AvgIpc) is 3.49. The number of likely N-dealkylation sites (tertiary alicyclic amines) is 1. The molecule has 5 rings (SSSR count). The summed E-state index contributed by atoms with van der Waals surface area (Å²) < 4.78 is 0. The summed E-state index contributed by atoms with van der Waals surface area (Å²) in [6.45, 7) is 4.09. The van der Waals surface area contributed by atoms with Gasteiger partial charge in [-0.25, -0.2) is 4.79 Å². The van der Waals surface area contributed by atoms with Crippen LogP contribution in [0.1, 0.15) is 71.4 Å². The second kappa shape index (κ2) is 12.0. The van der Waals surface area contributed by atoms with Gasteiger partial charge >= 0.3 is 6.03 Å². The van der Waals surface area contributed by atoms with Crippen molar-refractivity contribution in [3.63, 3.8) is 0 Å². The van der Waals surface area contributed by atoms with Crippen molar-refractivity contribution in [3.8, 4) is 0 Å². The van der Waals surface area contributed by atoms with E-state index in [2.05, 4.69) is 15.5 Å². The quantitative estimate of drug-likeness (QED) is 0.590. The lowest BCUT2D eigenvalue weighted by Crippen LogP contribution is -2.54. The number of urea groups is 1. The molecule has 1 aliphatic carbocycles. The number of hydrogen-bond acceptors (Lipinski definition) is 5. The molecular weight excluding hydrogens is 486 g/mol. The largest absolute Gasteiger partial charge is 0.367 e. The van der Waals surface area contributed by atoms with Crippen molar-refractivity contribution in [2.45, 2.75) is 57.4 Å². The molecule has 2 aromatic rings. The molecule has 0 bridgehead atoms. The zero-order valence-corrected chi connectivity index (χ0v) is 22.2. The Morgan fingerprint density at radius 3 is 2.24 bits per heavy atom. The minimum absolute atomic E-state index is 0.0133. The molecule has 4 amide bonds. The number of thiophene rings is 1. The van der Waals surface area contributed by atoms with Gasteiger partial charge in [0.1, 0.15) is 0 Å². The molecule has 9 heteroatoms. The van der Waals surface area contributed by atoms with E-state index < -0.39 is 0 Å². The molecule has 198 valence electrons. The Balaban J connectivity index is 1.29. The Morgan fingerprint density at radius 2 is 1.54 bits per heavy atom. The molecule has 1 aromatic carbocycles. The van der Waals surface area contributed by atoms with Gasteiger partial charge in [-0.3, -0.25) is 9.59 Å². The number of piperidine rings is 1. The molecule has 2 aliphatic heterocycles. The Morgan fingerprint density at radius 1 is 0.811 bits per heavy atom. The van der Waals surface area contributed by atoms with Crippen LogP contribution in [0.25, 0.3) is 0 Å². The highest BCUT2D eigenvalue weighted by Gasteiger charge is 2.28. The third-order valence-electron chi connectivity index (χ3n) is 7.71. The number of benzene rings is 1. The van der Waals surface area contributed by atoms with Gasteiger partial charge in [0.25, 0.3) is 11.8 Å². The van der Waals surface area contributed by atoms with Crippen molar-refractivity contribution in [2.75, 3.05) is 49.5 Å². The van der Waals surface area contributed by atoms with Crippen LogP contribution in [0.2, 0.25) is 0 Å². The van der Waals surface area contributed by atoms with Crippen molar-refractivity contribution < 1.29 is 14.4 Å². The van der Waals surface area contributed by atoms with Crippen molar-refractivity contribution in [2.24, 2.45) is 0 Å². The van der Waals surface area contributed by atoms with Crippen LogP contribution < -0.4 is 15.5 Å². The summed E-state index contributed by atoms with van der Waals surface area (Å²) in [4.78, 5) is 45.8. The van der Waals surface area contributed by atoms with Crippen molar-refractivity contribution >= 4 is 40.6 Å². The number of amides is 4. The molecule has 3 fully saturated rings. The number of anilines is 2. The lowest BCUT2D eigenvalue weighted by atomic mass is 9.96. The summed E-state index contributed by atoms with van der Waals surface area (Å²) in [5.41, 5.74) is 2.11. The zero-order valence-electron chi connectivity index (χ0n) is 21.4. The molecule has 3 heterocycles. The summed E-state index contributed by atoms with van der Waals surface area (Å²) in [6, 6.07) is 9.60. The molecule has 2 saturated heterocycles. The lowest BCUT2D eigenvalue weighted by molar-refractivity contribution is 0.0724. The van der Waals surface area contributed by atoms with Gasteiger partial charge < -0.3 is 25.3 Å². The number of rotatable bonds is 5. The molecule has 0 radical (unpaired) electrons. The number of carbonyl (C=O) groups excluding carboxylic acids is 3. The van der Waals surface area contributed by atoms with Crippen LogP contribution in [0.3, 0.4) is 0 Å². The van der Waals surface area contributed by atoms with Gasteiger partial charge in [0, 0.05) is 56.7 Å². The van der Waals surface area contributed by atoms with Crippen LogP contribution in [0.15, 0.2) is 35.7 Å². The molecule has 3 aliphatic rings. The van der Waals surface area contributed by atoms with E-state index in [1.807, 2.05) is 39.4 Å². The highest BCUT2D eigenvalue weighted by atomic mass is 32.1. The van der Waals surface area contributed by atoms with E-state index in [9.17, 15) is 14.4 Å². The molecule has 0 atom stereocenters. The summed E-state index contributed by atoms with van der Waals surface area (Å²) in [6.07, 6.45) is 8.98. The highest BCUT2D eigenvalue weighted by Crippen LogP contribution is 2.29. The van der Waals surface area contributed by atoms with Crippen LogP contribution in [-0.4, -0.2) is 73.0 Å². The Bertz CT molecular complexity index is 1090. The van der Waals surface area contributed by atoms with Gasteiger partial charge in [0.15, 0.2) is 0 Å². The third-order valence-corrected chi connectivity index (χ3v) is 8.58. The van der Waals surface area contributed by atoms with E-state index >= 15 is 0 Å². The van der Waals surface area contributed by atoms with Crippen LogP contribution in [0.5, 0.6) is 0 Å². The number of hydrogen-bond donors (Lipinski definition) is 2. The summed E-state index contributed by atoms with van der Waals surface area (Å²) in [5, 5.41) is 8.05. The zero-order chi connectivity index (χ0) is 25.6. The smallest absolute Gasteiger partial charge is 0.317 e. The normalized spacial score (nSPS) is 19.0. The second-order valence-electron chi connectivity index (χ2n) is 10.3. The van der Waals surface area contributed by atoms with Gasteiger partial charge in [0.05, 0.1) is 10.4 Å². The number of carbonyl (C=O) groups is 3. The van der Waals surface area contributed by atoms with Gasteiger partial charge in [-0.15, -0.1) is 11.3 Å². The predicted molar refractivity (Wildman–Crippen MR) is 148 cm³/mol. The predicted octanol–water partition coefficient (Wildman–Crippen LogP) is 4.79. The first kappa shape index (κ1) is 25.6. The lowest BCUT2D eigenvalue weighted by Gasteiger charge is -2.38. The number of nitrogens with one attached hydrogen (secondary N) is 2. The minimum atomic E-state index is -0.170. The molecular formula is C28H37N5O3S. The van der Waals surface area contributed by atoms with E-state index in [4.69, 9.17) is 0 Å². The number of nitrogens with zero attached hydrogens (tertiary/aromatic N) is 3. The molecule has 1 saturated carbocycles. The molecule has 2 N–H and O–H groups in total. The SMILES string of the molecule is O=C(Nc1ccc(N2CCN(C(=O)NC3CCCCC3)CC2)c(C(=O)N2CCCCC2)c1)c1cccs1. The second-order valence-corrected chi connectivity index (χ2v) is 11.2. The van der Waals surface area contributed by atoms with Crippen LogP contribution in [0, 0.1) is 0 Å². The summed E-state index contributed by atoms with van der Waals surface area (Å²) in [7, 11) is 0. The maximum atomic E-state index is 13.6. The highest BCUT2D eigenvalue weighted by molar-refractivity contribution is 7.12. The Kier molecular flexibility index (Phi) is 8.28. The fourth-order valence-electron chi connectivity index (χ4n) is 5.59. The molecule has 0 unspecified atom stereocenters. The van der Waals surface area contributed by atoms with Crippen molar-refractivity contribution in [1.82, 2.24) is 15.1 Å².